The van der Waals surface area contributed by atoms with Gasteiger partial charge in [-0.25, -0.2) is 0 Å². The molecule has 0 spiro atoms. The van der Waals surface area contributed by atoms with Crippen molar-refractivity contribution in [3.63, 3.8) is 0 Å². The van der Waals surface area contributed by atoms with E-state index in [2.05, 4.69) is 38.0 Å². The Morgan fingerprint density at radius 2 is 2.05 bits per heavy atom. The number of nitrogens with one attached hydrogen (secondary N) is 1. The molecule has 1 heterocycles. The van der Waals surface area contributed by atoms with Gasteiger partial charge in [0.15, 0.2) is 0 Å². The molecular weight excluding hydrogens is 236 g/mol. The van der Waals surface area contributed by atoms with Crippen molar-refractivity contribution in [2.45, 2.75) is 64.6 Å². The Labute approximate surface area is 119 Å². The molecule has 0 aromatic rings. The predicted octanol–water partition coefficient (Wildman–Crippen LogP) is 2.51. The Bertz CT molecular complexity index is 269. The number of likely N-dealkylation sites (N-methyl/N-ethyl adjacent to an activating group) is 1. The summed E-state index contributed by atoms with van der Waals surface area (Å²) >= 11 is 0. The first-order chi connectivity index (χ1) is 9.11. The molecule has 3 nitrogen and oxygen atoms in total. The Balaban J connectivity index is 1.96. The Morgan fingerprint density at radius 3 is 2.68 bits per heavy atom. The summed E-state index contributed by atoms with van der Waals surface area (Å²) in [6.45, 7) is 10.1. The molecule has 2 rings (SSSR count). The maximum Gasteiger partial charge on any atom is 0.0857 e. The van der Waals surface area contributed by atoms with Gasteiger partial charge in [-0.3, -0.25) is 4.90 Å². The highest BCUT2D eigenvalue weighted by Crippen LogP contribution is 2.33. The molecule has 1 N–H and O–H groups in total. The smallest absolute Gasteiger partial charge is 0.0857 e. The molecule has 3 heteroatoms. The van der Waals surface area contributed by atoms with Gasteiger partial charge in [-0.2, -0.15) is 0 Å². The molecule has 1 saturated heterocycles. The summed E-state index contributed by atoms with van der Waals surface area (Å²) < 4.78 is 6.10. The second kappa shape index (κ2) is 7.05. The molecule has 1 aliphatic carbocycles. The van der Waals surface area contributed by atoms with Crippen LogP contribution in [-0.2, 0) is 4.74 Å². The van der Waals surface area contributed by atoms with Crippen molar-refractivity contribution in [2.75, 3.05) is 26.7 Å². The van der Waals surface area contributed by atoms with Crippen molar-refractivity contribution < 1.29 is 4.74 Å². The predicted molar refractivity (Wildman–Crippen MR) is 80.4 cm³/mol. The van der Waals surface area contributed by atoms with Crippen LogP contribution in [0.3, 0.4) is 0 Å². The SMILES string of the molecule is CNC(C1CCCC(C)C1)C1CN(C(C)C)CCO1. The molecule has 19 heavy (non-hydrogen) atoms. The third-order valence-electron chi connectivity index (χ3n) is 5.07. The van der Waals surface area contributed by atoms with E-state index in [4.69, 9.17) is 4.74 Å². The second-order valence-electron chi connectivity index (χ2n) is 6.84. The van der Waals surface area contributed by atoms with Crippen LogP contribution in [0.2, 0.25) is 0 Å². The quantitative estimate of drug-likeness (QED) is 0.848. The zero-order valence-corrected chi connectivity index (χ0v) is 13.2. The largest absolute Gasteiger partial charge is 0.374 e. The summed E-state index contributed by atoms with van der Waals surface area (Å²) in [5.74, 6) is 1.69. The van der Waals surface area contributed by atoms with Gasteiger partial charge in [0.2, 0.25) is 0 Å². The number of ether oxygens (including phenoxy) is 1. The van der Waals surface area contributed by atoms with Crippen molar-refractivity contribution >= 4 is 0 Å². The summed E-state index contributed by atoms with van der Waals surface area (Å²) in [5, 5.41) is 3.57. The van der Waals surface area contributed by atoms with E-state index >= 15 is 0 Å². The molecule has 0 radical (unpaired) electrons. The average molecular weight is 268 g/mol. The monoisotopic (exact) mass is 268 g/mol. The Kier molecular flexibility index (Phi) is 5.67. The van der Waals surface area contributed by atoms with E-state index in [1.54, 1.807) is 0 Å². The van der Waals surface area contributed by atoms with Crippen molar-refractivity contribution in [3.8, 4) is 0 Å². The number of rotatable bonds is 4. The molecule has 0 bridgehead atoms. The van der Waals surface area contributed by atoms with Crippen LogP contribution in [-0.4, -0.2) is 49.8 Å². The van der Waals surface area contributed by atoms with Crippen molar-refractivity contribution in [1.82, 2.24) is 10.2 Å². The average Bonchev–Trinajstić information content (AvgIpc) is 2.40. The summed E-state index contributed by atoms with van der Waals surface area (Å²) in [5.41, 5.74) is 0. The Morgan fingerprint density at radius 1 is 1.26 bits per heavy atom. The first-order valence-corrected chi connectivity index (χ1v) is 8.14. The van der Waals surface area contributed by atoms with Gasteiger partial charge in [0, 0.05) is 25.2 Å². The van der Waals surface area contributed by atoms with Crippen LogP contribution in [0.15, 0.2) is 0 Å². The van der Waals surface area contributed by atoms with E-state index in [-0.39, 0.29) is 0 Å². The molecule has 1 aliphatic heterocycles. The molecule has 2 aliphatic rings. The lowest BCUT2D eigenvalue weighted by Crippen LogP contribution is -2.56. The van der Waals surface area contributed by atoms with Gasteiger partial charge in [0.1, 0.15) is 0 Å². The maximum atomic E-state index is 6.10. The van der Waals surface area contributed by atoms with Crippen LogP contribution in [0, 0.1) is 11.8 Å². The fourth-order valence-electron chi connectivity index (χ4n) is 3.92. The molecule has 0 amide bonds. The van der Waals surface area contributed by atoms with Gasteiger partial charge in [0.25, 0.3) is 0 Å². The zero-order valence-electron chi connectivity index (χ0n) is 13.2. The third-order valence-corrected chi connectivity index (χ3v) is 5.07. The minimum Gasteiger partial charge on any atom is -0.374 e. The van der Waals surface area contributed by atoms with Crippen molar-refractivity contribution in [3.05, 3.63) is 0 Å². The summed E-state index contributed by atoms with van der Waals surface area (Å²) in [7, 11) is 2.11. The zero-order chi connectivity index (χ0) is 13.8. The number of morpholine rings is 1. The first-order valence-electron chi connectivity index (χ1n) is 8.14. The second-order valence-corrected chi connectivity index (χ2v) is 6.84. The standard InChI is InChI=1S/C16H32N2O/c1-12(2)18-8-9-19-15(11-18)16(17-4)14-7-5-6-13(3)10-14/h12-17H,5-11H2,1-4H3. The van der Waals surface area contributed by atoms with E-state index < -0.39 is 0 Å². The van der Waals surface area contributed by atoms with Crippen LogP contribution in [0.1, 0.15) is 46.5 Å². The Hall–Kier alpha value is -0.120. The van der Waals surface area contributed by atoms with E-state index in [1.165, 1.54) is 25.7 Å². The topological polar surface area (TPSA) is 24.5 Å². The lowest BCUT2D eigenvalue weighted by atomic mass is 9.77. The normalized spacial score (nSPS) is 35.5. The summed E-state index contributed by atoms with van der Waals surface area (Å²) in [6.07, 6.45) is 5.92. The van der Waals surface area contributed by atoms with Crippen molar-refractivity contribution in [2.24, 2.45) is 11.8 Å². The maximum absolute atomic E-state index is 6.10. The fourth-order valence-corrected chi connectivity index (χ4v) is 3.92. The van der Waals surface area contributed by atoms with E-state index in [9.17, 15) is 0 Å². The lowest BCUT2D eigenvalue weighted by molar-refractivity contribution is -0.0673. The highest BCUT2D eigenvalue weighted by Gasteiger charge is 2.35. The minimum absolute atomic E-state index is 0.372. The van der Waals surface area contributed by atoms with Crippen LogP contribution < -0.4 is 5.32 Å². The van der Waals surface area contributed by atoms with Gasteiger partial charge in [-0.15, -0.1) is 0 Å². The lowest BCUT2D eigenvalue weighted by Gasteiger charge is -2.43. The van der Waals surface area contributed by atoms with Gasteiger partial charge in [-0.1, -0.05) is 19.8 Å². The minimum atomic E-state index is 0.372. The van der Waals surface area contributed by atoms with Crippen LogP contribution in [0.4, 0.5) is 0 Å². The third kappa shape index (κ3) is 3.93. The number of nitrogens with zero attached hydrogens (tertiary/aromatic N) is 1. The number of hydrogen-bond donors (Lipinski definition) is 1. The van der Waals surface area contributed by atoms with Crippen LogP contribution in [0.5, 0.6) is 0 Å². The molecule has 112 valence electrons. The van der Waals surface area contributed by atoms with Gasteiger partial charge < -0.3 is 10.1 Å². The molecule has 2 fully saturated rings. The van der Waals surface area contributed by atoms with Crippen molar-refractivity contribution in [1.29, 1.82) is 0 Å². The summed E-state index contributed by atoms with van der Waals surface area (Å²) in [6, 6.07) is 1.17. The molecule has 4 unspecified atom stereocenters. The molecular formula is C16H32N2O. The highest BCUT2D eigenvalue weighted by molar-refractivity contribution is 4.90. The molecule has 0 aromatic carbocycles. The number of hydrogen-bond acceptors (Lipinski definition) is 3. The first kappa shape index (κ1) is 15.3. The van der Waals surface area contributed by atoms with Gasteiger partial charge in [0.05, 0.1) is 12.7 Å². The molecule has 0 aromatic heterocycles. The fraction of sp³-hybridized carbons (Fsp3) is 1.00. The van der Waals surface area contributed by atoms with Gasteiger partial charge in [-0.05, 0) is 45.6 Å². The molecule has 4 atom stereocenters. The van der Waals surface area contributed by atoms with E-state index in [0.29, 0.717) is 18.2 Å². The molecule has 1 saturated carbocycles. The van der Waals surface area contributed by atoms with Crippen LogP contribution >= 0.6 is 0 Å². The van der Waals surface area contributed by atoms with Gasteiger partial charge >= 0.3 is 0 Å². The highest BCUT2D eigenvalue weighted by atomic mass is 16.5. The summed E-state index contributed by atoms with van der Waals surface area (Å²) in [4.78, 5) is 2.56. The van der Waals surface area contributed by atoms with E-state index in [1.807, 2.05) is 0 Å². The van der Waals surface area contributed by atoms with E-state index in [0.717, 1.165) is 31.5 Å². The van der Waals surface area contributed by atoms with Crippen LogP contribution in [0.25, 0.3) is 0 Å².